The van der Waals surface area contributed by atoms with Gasteiger partial charge in [-0.1, -0.05) is 18.2 Å². The number of piperidine rings is 1. The summed E-state index contributed by atoms with van der Waals surface area (Å²) in [5.41, 5.74) is 1.95. The van der Waals surface area contributed by atoms with Crippen molar-refractivity contribution in [2.45, 2.75) is 26.4 Å². The molecule has 7 nitrogen and oxygen atoms in total. The van der Waals surface area contributed by atoms with E-state index in [0.717, 1.165) is 43.0 Å². The number of nitrogens with one attached hydrogen (secondary N) is 1. The molecule has 2 aromatic heterocycles. The van der Waals surface area contributed by atoms with Gasteiger partial charge in [-0.25, -0.2) is 0 Å². The molecule has 0 saturated carbocycles. The number of hydrogen-bond acceptors (Lipinski definition) is 5. The molecule has 8 heteroatoms. The maximum absolute atomic E-state index is 12.0. The molecule has 4 rings (SSSR count). The molecule has 0 spiro atoms. The second kappa shape index (κ2) is 9.32. The van der Waals surface area contributed by atoms with Crippen LogP contribution in [0.15, 0.2) is 54.9 Å². The third-order valence-corrected chi connectivity index (χ3v) is 5.87. The zero-order chi connectivity index (χ0) is 20.9. The second-order valence-corrected chi connectivity index (χ2v) is 7.81. The Hall–Kier alpha value is -2.84. The van der Waals surface area contributed by atoms with Crippen LogP contribution in [0.3, 0.4) is 0 Å². The summed E-state index contributed by atoms with van der Waals surface area (Å²) in [4.78, 5) is 17.5. The number of aromatic nitrogens is 4. The molecule has 3 heterocycles. The van der Waals surface area contributed by atoms with E-state index < -0.39 is 0 Å². The van der Waals surface area contributed by atoms with E-state index in [-0.39, 0.29) is 11.9 Å². The number of hydrogen-bond donors (Lipinski definition) is 1. The van der Waals surface area contributed by atoms with Crippen molar-refractivity contribution < 1.29 is 14.4 Å². The number of rotatable bonds is 6. The number of quaternary nitrogens is 1. The first-order chi connectivity index (χ1) is 14.7. The molecular weight excluding hydrogens is 398 g/mol. The molecule has 30 heavy (non-hydrogen) atoms. The Morgan fingerprint density at radius 3 is 2.53 bits per heavy atom. The summed E-state index contributed by atoms with van der Waals surface area (Å²) < 4.78 is 9.75. The van der Waals surface area contributed by atoms with E-state index >= 15 is 0 Å². The Bertz CT molecular complexity index is 1040. The first-order valence-corrected chi connectivity index (χ1v) is 10.7. The average Bonchev–Trinajstić information content (AvgIpc) is 3.11. The smallest absolute Gasteiger partial charge is 0.309 e. The number of carbonyl (C=O) groups excluding carboxylic acids is 1. The summed E-state index contributed by atoms with van der Waals surface area (Å²) >= 11 is 5.82. The zero-order valence-corrected chi connectivity index (χ0v) is 17.8. The van der Waals surface area contributed by atoms with Crippen LogP contribution < -0.4 is 4.90 Å². The molecule has 0 unspecified atom stereocenters. The van der Waals surface area contributed by atoms with Crippen molar-refractivity contribution in [3.63, 3.8) is 0 Å². The predicted molar refractivity (Wildman–Crippen MR) is 116 cm³/mol. The van der Waals surface area contributed by atoms with Gasteiger partial charge in [0.15, 0.2) is 12.5 Å². The van der Waals surface area contributed by atoms with Crippen LogP contribution in [0.2, 0.25) is 0 Å². The van der Waals surface area contributed by atoms with Gasteiger partial charge >= 0.3 is 5.97 Å². The lowest BCUT2D eigenvalue weighted by Gasteiger charge is -2.27. The molecule has 1 saturated heterocycles. The molecule has 1 aromatic carbocycles. The summed E-state index contributed by atoms with van der Waals surface area (Å²) in [5.74, 6) is 0.742. The van der Waals surface area contributed by atoms with Crippen LogP contribution in [0.5, 0.6) is 0 Å². The van der Waals surface area contributed by atoms with E-state index in [9.17, 15) is 4.79 Å². The third kappa shape index (κ3) is 4.34. The maximum Gasteiger partial charge on any atom is 0.309 e. The monoisotopic (exact) mass is 424 g/mol. The van der Waals surface area contributed by atoms with Crippen molar-refractivity contribution in [1.29, 1.82) is 0 Å². The Labute approximate surface area is 180 Å². The van der Waals surface area contributed by atoms with Crippen molar-refractivity contribution in [3.8, 4) is 17.1 Å². The van der Waals surface area contributed by atoms with Gasteiger partial charge in [0.1, 0.15) is 0 Å². The highest BCUT2D eigenvalue weighted by molar-refractivity contribution is 7.71. The molecule has 3 aromatic rings. The first kappa shape index (κ1) is 20.4. The third-order valence-electron chi connectivity index (χ3n) is 5.48. The van der Waals surface area contributed by atoms with Gasteiger partial charge in [0.2, 0.25) is 4.77 Å². The quantitative estimate of drug-likeness (QED) is 0.486. The Morgan fingerprint density at radius 2 is 1.87 bits per heavy atom. The predicted octanol–water partition coefficient (Wildman–Crippen LogP) is 2.28. The highest BCUT2D eigenvalue weighted by atomic mass is 32.1. The molecule has 0 radical (unpaired) electrons. The summed E-state index contributed by atoms with van der Waals surface area (Å²) in [5, 5.41) is 4.87. The molecule has 0 bridgehead atoms. The fourth-order valence-electron chi connectivity index (χ4n) is 3.90. The van der Waals surface area contributed by atoms with Crippen molar-refractivity contribution in [2.24, 2.45) is 5.92 Å². The Kier molecular flexibility index (Phi) is 6.35. The minimum atomic E-state index is -0.0681. The van der Waals surface area contributed by atoms with Gasteiger partial charge in [0.25, 0.3) is 0 Å². The van der Waals surface area contributed by atoms with E-state index in [2.05, 4.69) is 4.98 Å². The van der Waals surface area contributed by atoms with Crippen LogP contribution in [-0.2, 0) is 16.2 Å². The van der Waals surface area contributed by atoms with E-state index in [0.29, 0.717) is 18.0 Å². The van der Waals surface area contributed by atoms with Gasteiger partial charge in [-0.05, 0) is 43.4 Å². The summed E-state index contributed by atoms with van der Waals surface area (Å²) in [7, 11) is 0. The molecule has 0 aliphatic carbocycles. The number of nitrogens with zero attached hydrogens (tertiary/aromatic N) is 4. The minimum Gasteiger partial charge on any atom is -0.466 e. The van der Waals surface area contributed by atoms with E-state index in [1.807, 2.05) is 58.6 Å². The highest BCUT2D eigenvalue weighted by Crippen LogP contribution is 2.22. The van der Waals surface area contributed by atoms with Gasteiger partial charge < -0.3 is 9.64 Å². The van der Waals surface area contributed by atoms with Gasteiger partial charge in [-0.3, -0.25) is 14.3 Å². The lowest BCUT2D eigenvalue weighted by Crippen LogP contribution is -3.12. The molecule has 156 valence electrons. The van der Waals surface area contributed by atoms with Crippen molar-refractivity contribution in [1.82, 2.24) is 19.3 Å². The van der Waals surface area contributed by atoms with Crippen LogP contribution in [-0.4, -0.2) is 45.0 Å². The van der Waals surface area contributed by atoms with Gasteiger partial charge in [0, 0.05) is 36.5 Å². The summed E-state index contributed by atoms with van der Waals surface area (Å²) in [6, 6.07) is 13.9. The number of carbonyl (C=O) groups is 1. The molecule has 1 N–H and O–H groups in total. The lowest BCUT2D eigenvalue weighted by molar-refractivity contribution is -0.929. The fourth-order valence-corrected chi connectivity index (χ4v) is 4.20. The Morgan fingerprint density at radius 1 is 1.17 bits per heavy atom. The molecule has 1 aliphatic heterocycles. The number of pyridine rings is 1. The fraction of sp³-hybridized carbons (Fsp3) is 0.364. The van der Waals surface area contributed by atoms with Gasteiger partial charge in [-0.2, -0.15) is 4.68 Å². The Balaban J connectivity index is 1.59. The second-order valence-electron chi connectivity index (χ2n) is 7.45. The van der Waals surface area contributed by atoms with E-state index in [1.54, 1.807) is 12.4 Å². The van der Waals surface area contributed by atoms with E-state index in [4.69, 9.17) is 22.1 Å². The van der Waals surface area contributed by atoms with Crippen LogP contribution in [0.25, 0.3) is 17.1 Å². The van der Waals surface area contributed by atoms with Crippen molar-refractivity contribution >= 4 is 18.2 Å². The molecular formula is C22H26N5O2S+. The highest BCUT2D eigenvalue weighted by Gasteiger charge is 2.29. The van der Waals surface area contributed by atoms with Crippen molar-refractivity contribution in [2.75, 3.05) is 19.7 Å². The normalized spacial score (nSPS) is 18.8. The molecule has 0 amide bonds. The molecule has 1 aliphatic rings. The van der Waals surface area contributed by atoms with E-state index in [1.165, 1.54) is 4.90 Å². The SMILES string of the molecule is CCOC(=O)C1CC[NH+](Cn2nc(-c3ccncc3)n(-c3ccccc3)c2=S)CC1. The average molecular weight is 425 g/mol. The van der Waals surface area contributed by atoms with Crippen LogP contribution >= 0.6 is 12.2 Å². The van der Waals surface area contributed by atoms with Gasteiger partial charge in [-0.15, -0.1) is 5.10 Å². The first-order valence-electron chi connectivity index (χ1n) is 10.3. The number of likely N-dealkylation sites (tertiary alicyclic amines) is 1. The minimum absolute atomic E-state index is 0.0101. The van der Waals surface area contributed by atoms with Crippen LogP contribution in [0, 0.1) is 10.7 Å². The lowest BCUT2D eigenvalue weighted by atomic mass is 9.97. The number of esters is 1. The largest absolute Gasteiger partial charge is 0.466 e. The van der Waals surface area contributed by atoms with Crippen LogP contribution in [0.4, 0.5) is 0 Å². The number of benzene rings is 1. The standard InChI is InChI=1S/C22H25N5O2S/c1-2-29-21(28)18-10-14-25(15-11-18)16-26-22(30)27(19-6-4-3-5-7-19)20(24-26)17-8-12-23-13-9-17/h3-9,12-13,18H,2,10-11,14-16H2,1H3/p+1. The van der Waals surface area contributed by atoms with Crippen molar-refractivity contribution in [3.05, 3.63) is 59.6 Å². The number of ether oxygens (including phenoxy) is 1. The zero-order valence-electron chi connectivity index (χ0n) is 17.0. The summed E-state index contributed by atoms with van der Waals surface area (Å²) in [6.45, 7) is 4.76. The maximum atomic E-state index is 12.0. The van der Waals surface area contributed by atoms with Crippen LogP contribution in [0.1, 0.15) is 19.8 Å². The molecule has 0 atom stereocenters. The molecule has 1 fully saturated rings. The number of para-hydroxylation sites is 1. The topological polar surface area (TPSA) is 66.4 Å². The van der Waals surface area contributed by atoms with Gasteiger partial charge in [0.05, 0.1) is 25.6 Å². The summed E-state index contributed by atoms with van der Waals surface area (Å²) in [6.07, 6.45) is 5.19.